The van der Waals surface area contributed by atoms with E-state index in [0.29, 0.717) is 0 Å². The molecule has 4 aromatic carbocycles. The predicted molar refractivity (Wildman–Crippen MR) is 119 cm³/mol. The van der Waals surface area contributed by atoms with Crippen molar-refractivity contribution in [3.05, 3.63) is 90.0 Å². The lowest BCUT2D eigenvalue weighted by molar-refractivity contribution is 1.43. The van der Waals surface area contributed by atoms with E-state index in [9.17, 15) is 0 Å². The highest BCUT2D eigenvalue weighted by Crippen LogP contribution is 2.36. The fourth-order valence-electron chi connectivity index (χ4n) is 4.14. The molecular formula is C25H15ClN2. The van der Waals surface area contributed by atoms with Gasteiger partial charge in [-0.05, 0) is 35.7 Å². The van der Waals surface area contributed by atoms with Gasteiger partial charge in [0, 0.05) is 43.2 Å². The smallest absolute Gasteiger partial charge is 0.0788 e. The van der Waals surface area contributed by atoms with Crippen LogP contribution in [-0.4, -0.2) is 9.97 Å². The molecule has 0 aliphatic heterocycles. The molecule has 2 aromatic heterocycles. The monoisotopic (exact) mass is 378 g/mol. The zero-order chi connectivity index (χ0) is 18.7. The first-order valence-electron chi connectivity index (χ1n) is 9.27. The summed E-state index contributed by atoms with van der Waals surface area (Å²) in [5.74, 6) is 0. The molecule has 0 unspecified atom stereocenters. The summed E-state index contributed by atoms with van der Waals surface area (Å²) in [5, 5.41) is 6.54. The van der Waals surface area contributed by atoms with Gasteiger partial charge in [-0.15, -0.1) is 0 Å². The van der Waals surface area contributed by atoms with E-state index in [1.807, 2.05) is 24.3 Å². The summed E-state index contributed by atoms with van der Waals surface area (Å²) in [5.41, 5.74) is 5.32. The minimum Gasteiger partial charge on any atom is -0.354 e. The molecule has 0 spiro atoms. The second kappa shape index (κ2) is 5.82. The molecule has 1 N–H and O–H groups in total. The predicted octanol–water partition coefficient (Wildman–Crippen LogP) is 7.34. The fraction of sp³-hybridized carbons (Fsp3) is 0. The molecule has 0 bridgehead atoms. The maximum atomic E-state index is 6.25. The Balaban J connectivity index is 1.79. The highest BCUT2D eigenvalue weighted by atomic mass is 35.5. The number of rotatable bonds is 1. The minimum absolute atomic E-state index is 0.741. The number of pyridine rings is 1. The normalized spacial score (nSPS) is 11.8. The SMILES string of the molecule is Clc1ccc2[nH]c3cc4c(cc3c2c1)nc(-c1ccccc1)c1ccccc14. The molecule has 3 heteroatoms. The highest BCUT2D eigenvalue weighted by molar-refractivity contribution is 6.32. The van der Waals surface area contributed by atoms with Crippen LogP contribution in [0, 0.1) is 0 Å². The van der Waals surface area contributed by atoms with E-state index in [4.69, 9.17) is 16.6 Å². The standard InChI is InChI=1S/C25H15ClN2/c26-16-10-11-22-19(12-16)21-14-24-20(13-23(21)27-22)17-8-4-5-9-18(17)25(28-24)15-6-2-1-3-7-15/h1-14,27H. The van der Waals surface area contributed by atoms with Crippen LogP contribution in [0.25, 0.3) is 54.7 Å². The number of hydrogen-bond donors (Lipinski definition) is 1. The van der Waals surface area contributed by atoms with E-state index in [1.165, 1.54) is 10.8 Å². The zero-order valence-electron chi connectivity index (χ0n) is 14.9. The van der Waals surface area contributed by atoms with Crippen LogP contribution in [0.2, 0.25) is 5.02 Å². The van der Waals surface area contributed by atoms with Gasteiger partial charge in [0.25, 0.3) is 0 Å². The van der Waals surface area contributed by atoms with Gasteiger partial charge in [0.05, 0.1) is 11.2 Å². The molecule has 0 amide bonds. The van der Waals surface area contributed by atoms with E-state index < -0.39 is 0 Å². The van der Waals surface area contributed by atoms with Crippen molar-refractivity contribution in [3.8, 4) is 11.3 Å². The topological polar surface area (TPSA) is 28.7 Å². The summed E-state index contributed by atoms with van der Waals surface area (Å²) in [6, 6.07) is 29.2. The van der Waals surface area contributed by atoms with Gasteiger partial charge in [-0.3, -0.25) is 0 Å². The third kappa shape index (κ3) is 2.25. The highest BCUT2D eigenvalue weighted by Gasteiger charge is 2.13. The molecule has 6 aromatic rings. The van der Waals surface area contributed by atoms with Crippen LogP contribution in [-0.2, 0) is 0 Å². The van der Waals surface area contributed by atoms with Crippen LogP contribution in [0.4, 0.5) is 0 Å². The number of H-pyrrole nitrogens is 1. The van der Waals surface area contributed by atoms with Crippen LogP contribution >= 0.6 is 11.6 Å². The lowest BCUT2D eigenvalue weighted by Gasteiger charge is -2.10. The van der Waals surface area contributed by atoms with Crippen LogP contribution in [0.3, 0.4) is 0 Å². The fourth-order valence-corrected chi connectivity index (χ4v) is 4.31. The van der Waals surface area contributed by atoms with E-state index >= 15 is 0 Å². The van der Waals surface area contributed by atoms with Gasteiger partial charge >= 0.3 is 0 Å². The molecule has 0 saturated heterocycles. The molecule has 0 saturated carbocycles. The van der Waals surface area contributed by atoms with Crippen molar-refractivity contribution in [2.24, 2.45) is 0 Å². The number of aromatic nitrogens is 2. The van der Waals surface area contributed by atoms with Crippen LogP contribution in [0.15, 0.2) is 84.9 Å². The molecule has 28 heavy (non-hydrogen) atoms. The van der Waals surface area contributed by atoms with Crippen molar-refractivity contribution < 1.29 is 0 Å². The molecule has 6 rings (SSSR count). The second-order valence-corrected chi connectivity index (χ2v) is 7.54. The molecule has 0 aliphatic rings. The van der Waals surface area contributed by atoms with Crippen molar-refractivity contribution >= 4 is 55.1 Å². The van der Waals surface area contributed by atoms with Crippen molar-refractivity contribution in [1.82, 2.24) is 9.97 Å². The lowest BCUT2D eigenvalue weighted by Crippen LogP contribution is -1.89. The van der Waals surface area contributed by atoms with Crippen LogP contribution in [0.1, 0.15) is 0 Å². The van der Waals surface area contributed by atoms with Gasteiger partial charge in [-0.25, -0.2) is 4.98 Å². The van der Waals surface area contributed by atoms with Crippen molar-refractivity contribution in [1.29, 1.82) is 0 Å². The van der Waals surface area contributed by atoms with Gasteiger partial charge < -0.3 is 4.98 Å². The second-order valence-electron chi connectivity index (χ2n) is 7.10. The summed E-state index contributed by atoms with van der Waals surface area (Å²) in [7, 11) is 0. The first-order valence-corrected chi connectivity index (χ1v) is 9.64. The van der Waals surface area contributed by atoms with Gasteiger partial charge in [-0.1, -0.05) is 66.2 Å². The molecular weight excluding hydrogens is 364 g/mol. The minimum atomic E-state index is 0.741. The van der Waals surface area contributed by atoms with E-state index in [-0.39, 0.29) is 0 Å². The third-order valence-corrected chi connectivity index (χ3v) is 5.66. The first kappa shape index (κ1) is 15.7. The molecule has 0 atom stereocenters. The van der Waals surface area contributed by atoms with Crippen molar-refractivity contribution in [2.75, 3.05) is 0 Å². The summed E-state index contributed by atoms with van der Waals surface area (Å²) in [6.45, 7) is 0. The maximum absolute atomic E-state index is 6.25. The Morgan fingerprint density at radius 1 is 0.607 bits per heavy atom. The summed E-state index contributed by atoms with van der Waals surface area (Å²) in [4.78, 5) is 8.61. The van der Waals surface area contributed by atoms with Crippen molar-refractivity contribution in [3.63, 3.8) is 0 Å². The quantitative estimate of drug-likeness (QED) is 0.298. The average molecular weight is 379 g/mol. The number of hydrogen-bond acceptors (Lipinski definition) is 1. The zero-order valence-corrected chi connectivity index (χ0v) is 15.7. The Bertz CT molecular complexity index is 1510. The molecule has 0 radical (unpaired) electrons. The lowest BCUT2D eigenvalue weighted by atomic mass is 9.99. The number of benzene rings is 4. The Labute approximate surface area is 166 Å². The van der Waals surface area contributed by atoms with Gasteiger partial charge in [-0.2, -0.15) is 0 Å². The summed E-state index contributed by atoms with van der Waals surface area (Å²) < 4.78 is 0. The molecule has 0 aliphatic carbocycles. The first-order chi connectivity index (χ1) is 13.8. The number of halogens is 1. The molecule has 2 nitrogen and oxygen atoms in total. The Morgan fingerprint density at radius 3 is 2.21 bits per heavy atom. The maximum Gasteiger partial charge on any atom is 0.0788 e. The Hall–Kier alpha value is -3.36. The van der Waals surface area contributed by atoms with E-state index in [0.717, 1.165) is 49.0 Å². The summed E-state index contributed by atoms with van der Waals surface area (Å²) in [6.07, 6.45) is 0. The van der Waals surface area contributed by atoms with Gasteiger partial charge in [0.1, 0.15) is 0 Å². The largest absolute Gasteiger partial charge is 0.354 e. The van der Waals surface area contributed by atoms with Crippen molar-refractivity contribution in [2.45, 2.75) is 0 Å². The Kier molecular flexibility index (Phi) is 3.26. The Morgan fingerprint density at radius 2 is 1.36 bits per heavy atom. The molecule has 132 valence electrons. The number of nitrogens with zero attached hydrogens (tertiary/aromatic N) is 1. The molecule has 0 fully saturated rings. The van der Waals surface area contributed by atoms with Crippen LogP contribution in [0.5, 0.6) is 0 Å². The van der Waals surface area contributed by atoms with Crippen LogP contribution < -0.4 is 0 Å². The molecule has 2 heterocycles. The average Bonchev–Trinajstić information content (AvgIpc) is 3.09. The number of aromatic amines is 1. The third-order valence-electron chi connectivity index (χ3n) is 5.43. The summed E-state index contributed by atoms with van der Waals surface area (Å²) >= 11 is 6.25. The number of fused-ring (bicyclic) bond motifs is 6. The number of nitrogens with one attached hydrogen (secondary N) is 1. The van der Waals surface area contributed by atoms with Gasteiger partial charge in [0.2, 0.25) is 0 Å². The van der Waals surface area contributed by atoms with Gasteiger partial charge in [0.15, 0.2) is 0 Å². The van der Waals surface area contributed by atoms with E-state index in [2.05, 4.69) is 65.6 Å². The van der Waals surface area contributed by atoms with E-state index in [1.54, 1.807) is 0 Å².